The molecular formula is C20H32O12P4. The summed E-state index contributed by atoms with van der Waals surface area (Å²) in [7, 11) is -19.6. The van der Waals surface area contributed by atoms with Gasteiger partial charge in [0.2, 0.25) is 0 Å². The number of hydrogen-bond donors (Lipinski definition) is 4. The predicted molar refractivity (Wildman–Crippen MR) is 135 cm³/mol. The molecule has 0 heterocycles. The van der Waals surface area contributed by atoms with Crippen LogP contribution in [0.3, 0.4) is 0 Å². The Kier molecular flexibility index (Phi) is 10.9. The molecule has 0 fully saturated rings. The average molecular weight is 588 g/mol. The summed E-state index contributed by atoms with van der Waals surface area (Å²) in [6, 6.07) is 8.42. The largest absolute Gasteiger partial charge is 0.350 e. The molecule has 2 aromatic rings. The van der Waals surface area contributed by atoms with Crippen LogP contribution in [0, 0.1) is 0 Å². The molecule has 0 saturated carbocycles. The van der Waals surface area contributed by atoms with Gasteiger partial charge < -0.3 is 37.7 Å². The first kappa shape index (κ1) is 31.5. The highest BCUT2D eigenvalue weighted by Crippen LogP contribution is 2.79. The predicted octanol–water partition coefficient (Wildman–Crippen LogP) is 5.72. The number of rotatable bonds is 14. The van der Waals surface area contributed by atoms with E-state index in [4.69, 9.17) is 18.1 Å². The van der Waals surface area contributed by atoms with Crippen molar-refractivity contribution in [1.82, 2.24) is 0 Å². The summed E-state index contributed by atoms with van der Waals surface area (Å²) < 4.78 is 74.9. The molecule has 12 nitrogen and oxygen atoms in total. The van der Waals surface area contributed by atoms with Crippen molar-refractivity contribution in [1.29, 1.82) is 0 Å². The minimum Gasteiger partial charge on any atom is -0.324 e. The maximum absolute atomic E-state index is 14.1. The molecule has 2 aromatic carbocycles. The normalized spacial score (nSPS) is 13.7. The van der Waals surface area contributed by atoms with E-state index in [1.54, 1.807) is 27.7 Å². The van der Waals surface area contributed by atoms with Crippen molar-refractivity contribution in [3.63, 3.8) is 0 Å². The zero-order valence-corrected chi connectivity index (χ0v) is 23.9. The summed E-state index contributed by atoms with van der Waals surface area (Å²) in [5, 5.41) is -4.07. The van der Waals surface area contributed by atoms with Crippen LogP contribution >= 0.6 is 30.4 Å². The van der Waals surface area contributed by atoms with Crippen molar-refractivity contribution >= 4 is 41.2 Å². The third-order valence-electron chi connectivity index (χ3n) is 5.00. The van der Waals surface area contributed by atoms with E-state index >= 15 is 0 Å². The van der Waals surface area contributed by atoms with E-state index in [1.807, 2.05) is 0 Å². The highest BCUT2D eigenvalue weighted by Gasteiger charge is 2.53. The van der Waals surface area contributed by atoms with Gasteiger partial charge in [-0.2, -0.15) is 0 Å². The Morgan fingerprint density at radius 2 is 0.944 bits per heavy atom. The summed E-state index contributed by atoms with van der Waals surface area (Å²) in [4.78, 5) is 39.7. The average Bonchev–Trinajstić information content (AvgIpc) is 2.72. The van der Waals surface area contributed by atoms with E-state index in [9.17, 15) is 37.8 Å². The van der Waals surface area contributed by atoms with Crippen LogP contribution in [0.2, 0.25) is 0 Å². The third-order valence-corrected chi connectivity index (χ3v) is 14.6. The Morgan fingerprint density at radius 3 is 1.25 bits per heavy atom. The fourth-order valence-corrected chi connectivity index (χ4v) is 12.2. The van der Waals surface area contributed by atoms with Crippen LogP contribution in [0.1, 0.15) is 49.6 Å². The Morgan fingerprint density at radius 1 is 0.611 bits per heavy atom. The van der Waals surface area contributed by atoms with Gasteiger partial charge >= 0.3 is 30.4 Å². The molecule has 2 rings (SSSR count). The van der Waals surface area contributed by atoms with Crippen molar-refractivity contribution in [3.05, 3.63) is 47.5 Å². The van der Waals surface area contributed by atoms with Crippen LogP contribution in [-0.2, 0) is 36.4 Å². The van der Waals surface area contributed by atoms with Crippen LogP contribution in [0.5, 0.6) is 0 Å². The number of fused-ring (bicyclic) bond motifs is 1. The van der Waals surface area contributed by atoms with E-state index in [0.29, 0.717) is 0 Å². The quantitative estimate of drug-likeness (QED) is 0.197. The van der Waals surface area contributed by atoms with Gasteiger partial charge in [0.15, 0.2) is 10.8 Å². The van der Waals surface area contributed by atoms with Gasteiger partial charge in [0.25, 0.3) is 0 Å². The summed E-state index contributed by atoms with van der Waals surface area (Å²) in [6.07, 6.45) is 0. The van der Waals surface area contributed by atoms with Gasteiger partial charge in [0.05, 0.1) is 26.4 Å². The maximum Gasteiger partial charge on any atom is 0.350 e. The molecule has 0 spiro atoms. The Balaban J connectivity index is 3.12. The van der Waals surface area contributed by atoms with Gasteiger partial charge in [0.1, 0.15) is 0 Å². The SMILES string of the molecule is CCOP(=O)(OCC)C(c1cccc2cccc(C(P(=O)(O)O)P(=O)(O)O)c12)P(=O)(OCC)OCC. The van der Waals surface area contributed by atoms with E-state index in [0.717, 1.165) is 6.07 Å². The van der Waals surface area contributed by atoms with E-state index < -0.39 is 46.7 Å². The first-order valence-electron chi connectivity index (χ1n) is 11.1. The van der Waals surface area contributed by atoms with Crippen LogP contribution in [0.4, 0.5) is 0 Å². The lowest BCUT2D eigenvalue weighted by atomic mass is 10.0. The van der Waals surface area contributed by atoms with Crippen molar-refractivity contribution < 1.29 is 55.9 Å². The molecule has 4 N–H and O–H groups in total. The van der Waals surface area contributed by atoms with Gasteiger partial charge in [-0.15, -0.1) is 0 Å². The lowest BCUT2D eigenvalue weighted by Gasteiger charge is -2.33. The zero-order valence-electron chi connectivity index (χ0n) is 20.3. The van der Waals surface area contributed by atoms with Crippen LogP contribution in [-0.4, -0.2) is 46.0 Å². The van der Waals surface area contributed by atoms with E-state index in [1.165, 1.54) is 30.3 Å². The lowest BCUT2D eigenvalue weighted by molar-refractivity contribution is 0.195. The monoisotopic (exact) mass is 588 g/mol. The molecule has 0 amide bonds. The first-order chi connectivity index (χ1) is 16.7. The third kappa shape index (κ3) is 6.83. The second kappa shape index (κ2) is 12.4. The molecule has 0 aliphatic heterocycles. The fraction of sp³-hybridized carbons (Fsp3) is 0.500. The van der Waals surface area contributed by atoms with Crippen molar-refractivity contribution in [3.8, 4) is 0 Å². The van der Waals surface area contributed by atoms with Gasteiger partial charge in [0, 0.05) is 0 Å². The Bertz CT molecular complexity index is 1160. The zero-order chi connectivity index (χ0) is 27.4. The maximum atomic E-state index is 14.1. The van der Waals surface area contributed by atoms with Crippen molar-refractivity contribution in [2.75, 3.05) is 26.4 Å². The highest BCUT2D eigenvalue weighted by molar-refractivity contribution is 7.72. The Hall–Kier alpha value is -0.700. The number of hydrogen-bond acceptors (Lipinski definition) is 8. The van der Waals surface area contributed by atoms with Crippen LogP contribution in [0.15, 0.2) is 36.4 Å². The molecule has 0 radical (unpaired) electrons. The summed E-state index contributed by atoms with van der Waals surface area (Å²) in [5.74, 6) is 0. The fourth-order valence-electron chi connectivity index (χ4n) is 3.98. The molecular weight excluding hydrogens is 556 g/mol. The van der Waals surface area contributed by atoms with Crippen molar-refractivity contribution in [2.45, 2.75) is 38.5 Å². The highest BCUT2D eigenvalue weighted by atomic mass is 31.2. The molecule has 0 unspecified atom stereocenters. The van der Waals surface area contributed by atoms with Crippen LogP contribution < -0.4 is 0 Å². The second-order valence-electron chi connectivity index (χ2n) is 7.47. The van der Waals surface area contributed by atoms with Gasteiger partial charge in [-0.3, -0.25) is 18.3 Å². The summed E-state index contributed by atoms with van der Waals surface area (Å²) >= 11 is 0. The van der Waals surface area contributed by atoms with E-state index in [2.05, 4.69) is 0 Å². The summed E-state index contributed by atoms with van der Waals surface area (Å²) in [6.45, 7) is 5.72. The molecule has 16 heteroatoms. The number of benzene rings is 2. The van der Waals surface area contributed by atoms with Gasteiger partial charge in [-0.05, 0) is 49.6 Å². The molecule has 0 aliphatic carbocycles. The summed E-state index contributed by atoms with van der Waals surface area (Å²) in [5.41, 5.74) is -0.501. The van der Waals surface area contributed by atoms with Gasteiger partial charge in [-0.1, -0.05) is 36.4 Å². The van der Waals surface area contributed by atoms with Crippen LogP contribution in [0.25, 0.3) is 10.8 Å². The molecule has 204 valence electrons. The Labute approximate surface area is 209 Å². The molecule has 0 bridgehead atoms. The minimum atomic E-state index is -5.43. The van der Waals surface area contributed by atoms with Gasteiger partial charge in [-0.25, -0.2) is 0 Å². The lowest BCUT2D eigenvalue weighted by Crippen LogP contribution is -2.13. The molecule has 0 aliphatic rings. The molecule has 0 aromatic heterocycles. The topological polar surface area (TPSA) is 186 Å². The first-order valence-corrected chi connectivity index (χ1v) is 17.7. The van der Waals surface area contributed by atoms with Crippen molar-refractivity contribution in [2.24, 2.45) is 0 Å². The van der Waals surface area contributed by atoms with E-state index in [-0.39, 0.29) is 42.8 Å². The smallest absolute Gasteiger partial charge is 0.324 e. The molecule has 36 heavy (non-hydrogen) atoms. The molecule has 0 saturated heterocycles. The minimum absolute atomic E-state index is 0.0783. The second-order valence-corrected chi connectivity index (χ2v) is 15.9. The molecule has 0 atom stereocenters. The standard InChI is InChI=1S/C20H32O12P4/c1-5-29-35(27,30-6-2)20(36(28,31-7-3)32-8-4)17-14-10-12-15-11-9-13-16(18(15)17)19(33(21,22)23)34(24,25)26/h9-14,19-20H,5-8H2,1-4H3,(H2,21,22,23)(H2,24,25,26).